The quantitative estimate of drug-likeness (QED) is 0.656. The summed E-state index contributed by atoms with van der Waals surface area (Å²) < 4.78 is 1.71. The Morgan fingerprint density at radius 3 is 3.11 bits per heavy atom. The number of amides is 1. The zero-order chi connectivity index (χ0) is 13.1. The fourth-order valence-corrected chi connectivity index (χ4v) is 1.82. The Morgan fingerprint density at radius 2 is 2.39 bits per heavy atom. The molecule has 2 rings (SSSR count). The van der Waals surface area contributed by atoms with Crippen LogP contribution in [0, 0.1) is 6.92 Å². The van der Waals surface area contributed by atoms with Gasteiger partial charge in [0.25, 0.3) is 5.91 Å². The van der Waals surface area contributed by atoms with Gasteiger partial charge in [0, 0.05) is 25.2 Å². The highest BCUT2D eigenvalue weighted by Gasteiger charge is 2.10. The number of rotatable bonds is 4. The molecule has 0 aliphatic carbocycles. The Morgan fingerprint density at radius 1 is 1.61 bits per heavy atom. The van der Waals surface area contributed by atoms with Crippen LogP contribution >= 0.6 is 0 Å². The minimum Gasteiger partial charge on any atom is -0.352 e. The Bertz CT molecular complexity index is 600. The molecule has 0 saturated heterocycles. The molecule has 2 heterocycles. The van der Waals surface area contributed by atoms with Crippen LogP contribution in [0.25, 0.3) is 11.0 Å². The Balaban J connectivity index is 2.26. The minimum absolute atomic E-state index is 0.116. The maximum absolute atomic E-state index is 11.9. The number of aryl methyl sites for hydroxylation is 2. The first-order valence-electron chi connectivity index (χ1n) is 5.82. The molecule has 0 unspecified atom stereocenters. The number of nitrogens with one attached hydrogen (secondary N) is 1. The molecule has 18 heavy (non-hydrogen) atoms. The summed E-state index contributed by atoms with van der Waals surface area (Å²) in [6.07, 6.45) is 4.10. The third kappa shape index (κ3) is 2.25. The lowest BCUT2D eigenvalue weighted by molar-refractivity contribution is 0.0954. The zero-order valence-corrected chi connectivity index (χ0v) is 10.6. The van der Waals surface area contributed by atoms with Gasteiger partial charge >= 0.3 is 0 Å². The van der Waals surface area contributed by atoms with Crippen molar-refractivity contribution in [2.24, 2.45) is 7.05 Å². The van der Waals surface area contributed by atoms with Gasteiger partial charge < -0.3 is 5.32 Å². The monoisotopic (exact) mass is 244 g/mol. The second-order valence-corrected chi connectivity index (χ2v) is 4.14. The lowest BCUT2D eigenvalue weighted by Crippen LogP contribution is -2.24. The summed E-state index contributed by atoms with van der Waals surface area (Å²) in [4.78, 5) is 16.1. The molecule has 0 saturated carbocycles. The molecule has 1 amide bonds. The van der Waals surface area contributed by atoms with Crippen LogP contribution in [0.15, 0.2) is 24.9 Å². The molecule has 0 aliphatic rings. The van der Waals surface area contributed by atoms with E-state index in [0.29, 0.717) is 12.1 Å². The Labute approximate surface area is 106 Å². The van der Waals surface area contributed by atoms with E-state index in [4.69, 9.17) is 0 Å². The number of hydrogen-bond donors (Lipinski definition) is 1. The van der Waals surface area contributed by atoms with Gasteiger partial charge in [-0.2, -0.15) is 5.10 Å². The van der Waals surface area contributed by atoms with Crippen LogP contribution in [-0.2, 0) is 7.05 Å². The van der Waals surface area contributed by atoms with Gasteiger partial charge in [-0.1, -0.05) is 6.08 Å². The molecule has 0 fully saturated rings. The summed E-state index contributed by atoms with van der Waals surface area (Å²) in [6.45, 7) is 6.11. The molecule has 2 aromatic rings. The highest BCUT2D eigenvalue weighted by molar-refractivity contribution is 5.97. The lowest BCUT2D eigenvalue weighted by atomic mass is 10.2. The average molecular weight is 244 g/mol. The molecule has 1 N–H and O–H groups in total. The molecule has 0 bridgehead atoms. The largest absolute Gasteiger partial charge is 0.352 e. The van der Waals surface area contributed by atoms with Gasteiger partial charge in [-0.05, 0) is 19.4 Å². The fraction of sp³-hybridized carbons (Fsp3) is 0.308. The van der Waals surface area contributed by atoms with E-state index in [1.807, 2.05) is 20.0 Å². The van der Waals surface area contributed by atoms with E-state index in [9.17, 15) is 4.79 Å². The number of hydrogen-bond acceptors (Lipinski definition) is 3. The topological polar surface area (TPSA) is 59.8 Å². The van der Waals surface area contributed by atoms with Crippen molar-refractivity contribution in [2.75, 3.05) is 6.54 Å². The molecule has 0 aliphatic heterocycles. The Hall–Kier alpha value is -2.17. The van der Waals surface area contributed by atoms with Gasteiger partial charge in [0.2, 0.25) is 0 Å². The highest BCUT2D eigenvalue weighted by atomic mass is 16.1. The molecule has 0 aromatic carbocycles. The zero-order valence-electron chi connectivity index (χ0n) is 10.6. The van der Waals surface area contributed by atoms with Gasteiger partial charge in [0.1, 0.15) is 0 Å². The van der Waals surface area contributed by atoms with Crippen molar-refractivity contribution in [1.82, 2.24) is 20.1 Å². The van der Waals surface area contributed by atoms with E-state index < -0.39 is 0 Å². The molecule has 2 aromatic heterocycles. The van der Waals surface area contributed by atoms with E-state index in [0.717, 1.165) is 23.1 Å². The van der Waals surface area contributed by atoms with Crippen LogP contribution in [0.5, 0.6) is 0 Å². The van der Waals surface area contributed by atoms with Crippen molar-refractivity contribution in [1.29, 1.82) is 0 Å². The first-order valence-corrected chi connectivity index (χ1v) is 5.82. The van der Waals surface area contributed by atoms with E-state index in [2.05, 4.69) is 22.0 Å². The second-order valence-electron chi connectivity index (χ2n) is 4.14. The summed E-state index contributed by atoms with van der Waals surface area (Å²) in [7, 11) is 1.84. The molecule has 0 radical (unpaired) electrons. The SMILES string of the molecule is C=CCCNC(=O)c1cnc2c(c1)c(C)nn2C. The minimum atomic E-state index is -0.116. The molecule has 0 spiro atoms. The van der Waals surface area contributed by atoms with E-state index >= 15 is 0 Å². The fourth-order valence-electron chi connectivity index (χ4n) is 1.82. The predicted molar refractivity (Wildman–Crippen MR) is 70.4 cm³/mol. The normalized spacial score (nSPS) is 10.6. The molecule has 5 nitrogen and oxygen atoms in total. The summed E-state index contributed by atoms with van der Waals surface area (Å²) in [5, 5.41) is 8.00. The summed E-state index contributed by atoms with van der Waals surface area (Å²) >= 11 is 0. The number of aromatic nitrogens is 3. The van der Waals surface area contributed by atoms with Crippen molar-refractivity contribution in [2.45, 2.75) is 13.3 Å². The van der Waals surface area contributed by atoms with Gasteiger partial charge in [-0.3, -0.25) is 9.48 Å². The average Bonchev–Trinajstić information content (AvgIpc) is 2.65. The highest BCUT2D eigenvalue weighted by Crippen LogP contribution is 2.16. The third-order valence-corrected chi connectivity index (χ3v) is 2.76. The number of carbonyl (C=O) groups is 1. The van der Waals surface area contributed by atoms with Crippen molar-refractivity contribution >= 4 is 16.9 Å². The van der Waals surface area contributed by atoms with Crippen molar-refractivity contribution < 1.29 is 4.79 Å². The summed E-state index contributed by atoms with van der Waals surface area (Å²) in [5.74, 6) is -0.116. The van der Waals surface area contributed by atoms with Crippen LogP contribution in [-0.4, -0.2) is 27.2 Å². The Kier molecular flexibility index (Phi) is 3.41. The molecular formula is C13H16N4O. The molecule has 94 valence electrons. The van der Waals surface area contributed by atoms with Gasteiger partial charge in [-0.25, -0.2) is 4.98 Å². The standard InChI is InChI=1S/C13H16N4O/c1-4-5-6-14-13(18)10-7-11-9(2)16-17(3)12(11)15-8-10/h4,7-8H,1,5-6H2,2-3H3,(H,14,18). The number of pyridine rings is 1. The maximum atomic E-state index is 11.9. The van der Waals surface area contributed by atoms with E-state index in [1.165, 1.54) is 0 Å². The molecule has 0 atom stereocenters. The summed E-state index contributed by atoms with van der Waals surface area (Å²) in [5.41, 5.74) is 2.22. The van der Waals surface area contributed by atoms with Crippen LogP contribution in [0.2, 0.25) is 0 Å². The summed E-state index contributed by atoms with van der Waals surface area (Å²) in [6, 6.07) is 1.83. The van der Waals surface area contributed by atoms with Gasteiger partial charge in [-0.15, -0.1) is 6.58 Å². The van der Waals surface area contributed by atoms with Crippen molar-refractivity contribution in [3.63, 3.8) is 0 Å². The van der Waals surface area contributed by atoms with Crippen LogP contribution in [0.4, 0.5) is 0 Å². The first kappa shape index (κ1) is 12.3. The van der Waals surface area contributed by atoms with Crippen molar-refractivity contribution in [3.05, 3.63) is 36.2 Å². The van der Waals surface area contributed by atoms with Crippen LogP contribution < -0.4 is 5.32 Å². The van der Waals surface area contributed by atoms with E-state index in [-0.39, 0.29) is 5.91 Å². The number of carbonyl (C=O) groups excluding carboxylic acids is 1. The molecular weight excluding hydrogens is 228 g/mol. The number of nitrogens with zero attached hydrogens (tertiary/aromatic N) is 3. The smallest absolute Gasteiger partial charge is 0.252 e. The lowest BCUT2D eigenvalue weighted by Gasteiger charge is -2.03. The predicted octanol–water partition coefficient (Wildman–Crippen LogP) is 1.58. The first-order chi connectivity index (χ1) is 8.63. The second kappa shape index (κ2) is 5.00. The van der Waals surface area contributed by atoms with Gasteiger partial charge in [0.05, 0.1) is 11.3 Å². The maximum Gasteiger partial charge on any atom is 0.252 e. The molecule has 5 heteroatoms. The van der Waals surface area contributed by atoms with Crippen molar-refractivity contribution in [3.8, 4) is 0 Å². The third-order valence-electron chi connectivity index (χ3n) is 2.76. The van der Waals surface area contributed by atoms with E-state index in [1.54, 1.807) is 17.0 Å². The van der Waals surface area contributed by atoms with Gasteiger partial charge in [0.15, 0.2) is 5.65 Å². The number of fused-ring (bicyclic) bond motifs is 1. The van der Waals surface area contributed by atoms with Crippen LogP contribution in [0.1, 0.15) is 22.5 Å². The van der Waals surface area contributed by atoms with Crippen LogP contribution in [0.3, 0.4) is 0 Å².